The van der Waals surface area contributed by atoms with Gasteiger partial charge in [0.25, 0.3) is 5.56 Å². The summed E-state index contributed by atoms with van der Waals surface area (Å²) < 4.78 is 48.5. The van der Waals surface area contributed by atoms with Gasteiger partial charge in [0.05, 0.1) is 23.4 Å². The van der Waals surface area contributed by atoms with Crippen LogP contribution in [0.3, 0.4) is 0 Å². The van der Waals surface area contributed by atoms with Gasteiger partial charge in [0.1, 0.15) is 23.3 Å². The van der Waals surface area contributed by atoms with Gasteiger partial charge in [-0.15, -0.1) is 0 Å². The molecule has 6 nitrogen and oxygen atoms in total. The molecule has 3 aromatic rings. The van der Waals surface area contributed by atoms with Crippen LogP contribution >= 0.6 is 0 Å². The number of aromatic nitrogens is 1. The van der Waals surface area contributed by atoms with E-state index in [1.54, 1.807) is 13.0 Å². The molecule has 9 heteroatoms. The normalized spacial score (nSPS) is 10.7. The second-order valence-corrected chi connectivity index (χ2v) is 7.31. The average molecular weight is 458 g/mol. The number of benzene rings is 2. The van der Waals surface area contributed by atoms with Crippen LogP contribution in [0.1, 0.15) is 34.0 Å². The Kier molecular flexibility index (Phi) is 7.01. The lowest BCUT2D eigenvalue weighted by molar-refractivity contribution is -0.140. The summed E-state index contributed by atoms with van der Waals surface area (Å²) in [6.07, 6.45) is 0.272. The summed E-state index contributed by atoms with van der Waals surface area (Å²) in [5.41, 5.74) is -0.255. The van der Waals surface area contributed by atoms with Crippen molar-refractivity contribution in [2.75, 3.05) is 19.0 Å². The number of hydrogen-bond donors (Lipinski definition) is 1. The van der Waals surface area contributed by atoms with Crippen LogP contribution < -0.4 is 10.9 Å². The van der Waals surface area contributed by atoms with Gasteiger partial charge < -0.3 is 10.1 Å². The van der Waals surface area contributed by atoms with Crippen LogP contribution in [0.25, 0.3) is 5.69 Å². The molecule has 0 saturated carbocycles. The molecule has 0 aliphatic carbocycles. The van der Waals surface area contributed by atoms with Gasteiger partial charge >= 0.3 is 5.97 Å². The highest BCUT2D eigenvalue weighted by molar-refractivity contribution is 6.12. The molecule has 0 aliphatic rings. The largest absolute Gasteiger partial charge is 0.466 e. The van der Waals surface area contributed by atoms with Gasteiger partial charge in [-0.2, -0.15) is 0 Å². The van der Waals surface area contributed by atoms with Crippen molar-refractivity contribution in [2.45, 2.75) is 20.3 Å². The fourth-order valence-corrected chi connectivity index (χ4v) is 3.56. The number of anilines is 1. The van der Waals surface area contributed by atoms with Crippen molar-refractivity contribution in [1.82, 2.24) is 4.57 Å². The van der Waals surface area contributed by atoms with E-state index < -0.39 is 40.3 Å². The van der Waals surface area contributed by atoms with Crippen molar-refractivity contribution in [1.29, 1.82) is 0 Å². The van der Waals surface area contributed by atoms with Crippen LogP contribution in [0.15, 0.2) is 47.3 Å². The first kappa shape index (κ1) is 23.8. The summed E-state index contributed by atoms with van der Waals surface area (Å²) in [4.78, 5) is 36.7. The maximum absolute atomic E-state index is 15.2. The molecule has 1 aromatic heterocycles. The number of pyridine rings is 1. The molecular formula is C24H21F3N2O4. The molecule has 1 heterocycles. The van der Waals surface area contributed by atoms with Crippen LogP contribution in [0, 0.1) is 24.4 Å². The lowest BCUT2D eigenvalue weighted by Gasteiger charge is -2.19. The molecule has 0 fully saturated rings. The third-order valence-electron chi connectivity index (χ3n) is 4.98. The highest BCUT2D eigenvalue weighted by atomic mass is 19.1. The first-order valence-corrected chi connectivity index (χ1v) is 10.00. The van der Waals surface area contributed by atoms with Crippen molar-refractivity contribution in [3.8, 4) is 5.69 Å². The van der Waals surface area contributed by atoms with Gasteiger partial charge in [0.2, 0.25) is 0 Å². The van der Waals surface area contributed by atoms with E-state index >= 15 is 4.39 Å². The Bertz CT molecular complexity index is 1280. The third-order valence-corrected chi connectivity index (χ3v) is 4.98. The highest BCUT2D eigenvalue weighted by Gasteiger charge is 2.23. The Balaban J connectivity index is 2.12. The number of ketones is 1. The Morgan fingerprint density at radius 3 is 2.30 bits per heavy atom. The summed E-state index contributed by atoms with van der Waals surface area (Å²) in [5.74, 6) is -3.93. The fourth-order valence-electron chi connectivity index (χ4n) is 3.56. The molecule has 0 amide bonds. The third kappa shape index (κ3) is 4.97. The number of carbonyl (C=O) groups is 2. The zero-order valence-corrected chi connectivity index (χ0v) is 18.2. The van der Waals surface area contributed by atoms with Gasteiger partial charge in [-0.1, -0.05) is 6.07 Å². The van der Waals surface area contributed by atoms with Crippen LogP contribution in [-0.2, 0) is 16.0 Å². The quantitative estimate of drug-likeness (QED) is 0.429. The summed E-state index contributed by atoms with van der Waals surface area (Å²) in [6, 6.07) is 7.67. The SMILES string of the molecule is CNc1c(C(=O)c2ccc(F)cc2F)ccc(=O)n1-c1c(C)cc(CCOC(C)=O)cc1F. The molecule has 0 aliphatic heterocycles. The first-order valence-electron chi connectivity index (χ1n) is 10.00. The minimum Gasteiger partial charge on any atom is -0.466 e. The van der Waals surface area contributed by atoms with Crippen molar-refractivity contribution >= 4 is 17.6 Å². The van der Waals surface area contributed by atoms with E-state index in [0.717, 1.165) is 22.8 Å². The number of halogens is 3. The van der Waals surface area contributed by atoms with Gasteiger partial charge in [0, 0.05) is 32.5 Å². The zero-order chi connectivity index (χ0) is 24.3. The fraction of sp³-hybridized carbons (Fsp3) is 0.208. The Morgan fingerprint density at radius 2 is 1.70 bits per heavy atom. The van der Waals surface area contributed by atoms with Crippen molar-refractivity contribution in [3.05, 3.63) is 92.5 Å². The number of hydrogen-bond acceptors (Lipinski definition) is 5. The predicted molar refractivity (Wildman–Crippen MR) is 116 cm³/mol. The van der Waals surface area contributed by atoms with Crippen LogP contribution in [0.4, 0.5) is 19.0 Å². The Hall–Kier alpha value is -3.88. The maximum atomic E-state index is 15.2. The molecule has 0 radical (unpaired) electrons. The molecule has 33 heavy (non-hydrogen) atoms. The molecule has 3 rings (SSSR count). The van der Waals surface area contributed by atoms with Crippen LogP contribution in [0.2, 0.25) is 0 Å². The van der Waals surface area contributed by atoms with Gasteiger partial charge in [-0.25, -0.2) is 13.2 Å². The first-order chi connectivity index (χ1) is 15.6. The highest BCUT2D eigenvalue weighted by Crippen LogP contribution is 2.27. The summed E-state index contributed by atoms with van der Waals surface area (Å²) in [5, 5.41) is 2.72. The molecule has 0 bridgehead atoms. The van der Waals surface area contributed by atoms with E-state index in [4.69, 9.17) is 4.74 Å². The van der Waals surface area contributed by atoms with Crippen LogP contribution in [-0.4, -0.2) is 30.0 Å². The standard InChI is InChI=1S/C24H21F3N2O4/c1-13-10-15(8-9-33-14(2)30)11-20(27)22(13)29-21(31)7-6-18(24(29)28-3)23(32)17-5-4-16(25)12-19(17)26/h4-7,10-12,28H,8-9H2,1-3H3. The topological polar surface area (TPSA) is 77.4 Å². The molecule has 1 N–H and O–H groups in total. The van der Waals surface area contributed by atoms with E-state index in [1.165, 1.54) is 26.1 Å². The Morgan fingerprint density at radius 1 is 1.00 bits per heavy atom. The second kappa shape index (κ2) is 9.72. The molecule has 0 unspecified atom stereocenters. The van der Waals surface area contributed by atoms with E-state index in [9.17, 15) is 23.2 Å². The Labute approximate surface area is 187 Å². The number of ether oxygens (including phenoxy) is 1. The van der Waals surface area contributed by atoms with Gasteiger partial charge in [-0.3, -0.25) is 19.0 Å². The zero-order valence-electron chi connectivity index (χ0n) is 18.2. The van der Waals surface area contributed by atoms with E-state index in [0.29, 0.717) is 17.2 Å². The van der Waals surface area contributed by atoms with Crippen molar-refractivity contribution in [3.63, 3.8) is 0 Å². The lowest BCUT2D eigenvalue weighted by Crippen LogP contribution is -2.25. The summed E-state index contributed by atoms with van der Waals surface area (Å²) >= 11 is 0. The minimum atomic E-state index is -1.06. The average Bonchev–Trinajstić information content (AvgIpc) is 2.73. The predicted octanol–water partition coefficient (Wildman–Crippen LogP) is 3.94. The number of carbonyl (C=O) groups excluding carboxylic acids is 2. The summed E-state index contributed by atoms with van der Waals surface area (Å²) in [6.45, 7) is 2.93. The van der Waals surface area contributed by atoms with Crippen LogP contribution in [0.5, 0.6) is 0 Å². The molecular weight excluding hydrogens is 437 g/mol. The van der Waals surface area contributed by atoms with E-state index in [2.05, 4.69) is 5.32 Å². The monoisotopic (exact) mass is 458 g/mol. The molecule has 2 aromatic carbocycles. The smallest absolute Gasteiger partial charge is 0.302 e. The number of aryl methyl sites for hydroxylation is 1. The van der Waals surface area contributed by atoms with E-state index in [-0.39, 0.29) is 30.1 Å². The van der Waals surface area contributed by atoms with Gasteiger partial charge in [0.15, 0.2) is 5.78 Å². The van der Waals surface area contributed by atoms with Crippen molar-refractivity contribution < 1.29 is 27.5 Å². The van der Waals surface area contributed by atoms with Crippen molar-refractivity contribution in [2.24, 2.45) is 0 Å². The molecule has 0 atom stereocenters. The number of nitrogens with zero attached hydrogens (tertiary/aromatic N) is 1. The van der Waals surface area contributed by atoms with E-state index in [1.807, 2.05) is 0 Å². The second-order valence-electron chi connectivity index (χ2n) is 7.31. The molecule has 172 valence electrons. The van der Waals surface area contributed by atoms with Gasteiger partial charge in [-0.05, 0) is 42.3 Å². The summed E-state index contributed by atoms with van der Waals surface area (Å²) in [7, 11) is 1.43. The number of nitrogens with one attached hydrogen (secondary N) is 1. The molecule has 0 spiro atoms. The lowest BCUT2D eigenvalue weighted by atomic mass is 10.0. The number of rotatable bonds is 7. The maximum Gasteiger partial charge on any atom is 0.302 e. The molecule has 0 saturated heterocycles. The minimum absolute atomic E-state index is 0.0501. The number of esters is 1.